The van der Waals surface area contributed by atoms with Gasteiger partial charge in [-0.1, -0.05) is 5.16 Å². The summed E-state index contributed by atoms with van der Waals surface area (Å²) in [7, 11) is -3.61. The van der Waals surface area contributed by atoms with Gasteiger partial charge in [0.15, 0.2) is 15.7 Å². The molecule has 26 heavy (non-hydrogen) atoms. The molecule has 8 nitrogen and oxygen atoms in total. The van der Waals surface area contributed by atoms with Gasteiger partial charge in [0, 0.05) is 19.6 Å². The average molecular weight is 383 g/mol. The molecule has 1 saturated heterocycles. The fourth-order valence-electron chi connectivity index (χ4n) is 2.52. The number of aromatic nitrogens is 2. The Balaban J connectivity index is 1.54. The van der Waals surface area contributed by atoms with Crippen molar-refractivity contribution >= 4 is 15.7 Å². The van der Waals surface area contributed by atoms with E-state index < -0.39 is 21.6 Å². The van der Waals surface area contributed by atoms with Crippen molar-refractivity contribution in [3.63, 3.8) is 0 Å². The summed E-state index contributed by atoms with van der Waals surface area (Å²) in [5.41, 5.74) is 0. The molecular formula is C16H18FN3O5S. The zero-order chi connectivity index (χ0) is 18.6. The number of hydrogen-bond donors (Lipinski definition) is 1. The van der Waals surface area contributed by atoms with Crippen molar-refractivity contribution in [2.45, 2.75) is 30.3 Å². The van der Waals surface area contributed by atoms with Gasteiger partial charge in [-0.2, -0.15) is 4.98 Å². The number of hydrogen-bond acceptors (Lipinski definition) is 7. The number of nitrogens with one attached hydrogen (secondary N) is 1. The first kappa shape index (κ1) is 18.5. The van der Waals surface area contributed by atoms with Crippen LogP contribution >= 0.6 is 0 Å². The van der Waals surface area contributed by atoms with Crippen molar-refractivity contribution in [1.29, 1.82) is 0 Å². The Morgan fingerprint density at radius 1 is 1.31 bits per heavy atom. The normalized spacial score (nSPS) is 17.3. The zero-order valence-electron chi connectivity index (χ0n) is 13.9. The van der Waals surface area contributed by atoms with Gasteiger partial charge in [-0.05, 0) is 37.1 Å². The second-order valence-corrected chi connectivity index (χ2v) is 7.99. The molecule has 1 aromatic heterocycles. The van der Waals surface area contributed by atoms with E-state index in [4.69, 9.17) is 9.26 Å². The molecule has 1 aliphatic heterocycles. The number of halogens is 1. The van der Waals surface area contributed by atoms with Gasteiger partial charge in [-0.3, -0.25) is 4.79 Å². The lowest BCUT2D eigenvalue weighted by molar-refractivity contribution is 0.0822. The summed E-state index contributed by atoms with van der Waals surface area (Å²) in [5.74, 6) is -1.44. The highest BCUT2D eigenvalue weighted by Crippen LogP contribution is 2.13. The smallest absolute Gasteiger partial charge is 0.315 e. The fourth-order valence-corrected chi connectivity index (χ4v) is 3.76. The van der Waals surface area contributed by atoms with Crippen LogP contribution < -0.4 is 5.32 Å². The summed E-state index contributed by atoms with van der Waals surface area (Å²) in [6.07, 6.45) is 1.81. The number of ether oxygens (including phenoxy) is 1. The third-order valence-electron chi connectivity index (χ3n) is 3.94. The standard InChI is InChI=1S/C16H18FN3O5S/c17-11-3-5-13(6-4-11)26(22,23)9-7-14-19-16(25-20-14)15(21)18-10-12-2-1-8-24-12/h3-6,12H,1-2,7-10H2,(H,18,21)/t12-/m1/s1. The summed E-state index contributed by atoms with van der Waals surface area (Å²) in [4.78, 5) is 15.9. The minimum atomic E-state index is -3.61. The average Bonchev–Trinajstić information content (AvgIpc) is 3.30. The number of rotatable bonds is 7. The van der Waals surface area contributed by atoms with E-state index in [0.29, 0.717) is 13.2 Å². The van der Waals surface area contributed by atoms with Crippen LogP contribution in [0.5, 0.6) is 0 Å². The van der Waals surface area contributed by atoms with Gasteiger partial charge < -0.3 is 14.6 Å². The lowest BCUT2D eigenvalue weighted by Crippen LogP contribution is -2.31. The van der Waals surface area contributed by atoms with Gasteiger partial charge in [0.1, 0.15) is 5.82 Å². The molecule has 1 amide bonds. The van der Waals surface area contributed by atoms with E-state index in [2.05, 4.69) is 15.5 Å². The maximum Gasteiger partial charge on any atom is 0.315 e. The number of benzene rings is 1. The number of amides is 1. The largest absolute Gasteiger partial charge is 0.376 e. The Morgan fingerprint density at radius 3 is 2.77 bits per heavy atom. The lowest BCUT2D eigenvalue weighted by atomic mass is 10.2. The topological polar surface area (TPSA) is 111 Å². The van der Waals surface area contributed by atoms with Crippen LogP contribution in [0.25, 0.3) is 0 Å². The number of aryl methyl sites for hydroxylation is 1. The van der Waals surface area contributed by atoms with Gasteiger partial charge >= 0.3 is 11.8 Å². The van der Waals surface area contributed by atoms with Crippen molar-refractivity contribution in [3.8, 4) is 0 Å². The molecule has 140 valence electrons. The molecule has 1 aliphatic rings. The van der Waals surface area contributed by atoms with Gasteiger partial charge in [0.05, 0.1) is 16.8 Å². The summed E-state index contributed by atoms with van der Waals surface area (Å²) in [6.45, 7) is 1.04. The van der Waals surface area contributed by atoms with Crippen LogP contribution in [0.4, 0.5) is 4.39 Å². The van der Waals surface area contributed by atoms with E-state index in [1.54, 1.807) is 0 Å². The van der Waals surface area contributed by atoms with Crippen LogP contribution in [0.3, 0.4) is 0 Å². The molecule has 3 rings (SSSR count). The number of carbonyl (C=O) groups excluding carboxylic acids is 1. The summed E-state index contributed by atoms with van der Waals surface area (Å²) < 4.78 is 47.6. The molecule has 1 fully saturated rings. The van der Waals surface area contributed by atoms with E-state index in [0.717, 1.165) is 25.0 Å². The van der Waals surface area contributed by atoms with Crippen molar-refractivity contribution in [2.75, 3.05) is 18.9 Å². The first-order valence-electron chi connectivity index (χ1n) is 8.15. The summed E-state index contributed by atoms with van der Waals surface area (Å²) in [6, 6.07) is 4.56. The second kappa shape index (κ2) is 7.92. The van der Waals surface area contributed by atoms with Crippen LogP contribution in [-0.2, 0) is 21.0 Å². The summed E-state index contributed by atoms with van der Waals surface area (Å²) >= 11 is 0. The fraction of sp³-hybridized carbons (Fsp3) is 0.438. The molecule has 0 bridgehead atoms. The SMILES string of the molecule is O=C(NC[C@H]1CCCO1)c1nc(CCS(=O)(=O)c2ccc(F)cc2)no1. The highest BCUT2D eigenvalue weighted by molar-refractivity contribution is 7.91. The molecular weight excluding hydrogens is 365 g/mol. The molecule has 1 aromatic carbocycles. The third kappa shape index (κ3) is 4.64. The quantitative estimate of drug-likeness (QED) is 0.714. The maximum atomic E-state index is 12.9. The van der Waals surface area contributed by atoms with Crippen LogP contribution in [-0.4, -0.2) is 49.5 Å². The number of carbonyl (C=O) groups is 1. The lowest BCUT2D eigenvalue weighted by Gasteiger charge is -2.08. The number of sulfone groups is 1. The van der Waals surface area contributed by atoms with Crippen LogP contribution in [0.2, 0.25) is 0 Å². The molecule has 2 heterocycles. The zero-order valence-corrected chi connectivity index (χ0v) is 14.7. The van der Waals surface area contributed by atoms with E-state index in [1.165, 1.54) is 12.1 Å². The van der Waals surface area contributed by atoms with Crippen molar-refractivity contribution in [3.05, 3.63) is 41.8 Å². The Morgan fingerprint density at radius 2 is 2.08 bits per heavy atom. The van der Waals surface area contributed by atoms with Crippen molar-refractivity contribution in [1.82, 2.24) is 15.5 Å². The highest BCUT2D eigenvalue weighted by Gasteiger charge is 2.21. The molecule has 0 radical (unpaired) electrons. The van der Waals surface area contributed by atoms with E-state index in [-0.39, 0.29) is 34.9 Å². The monoisotopic (exact) mass is 383 g/mol. The molecule has 0 unspecified atom stereocenters. The molecule has 10 heteroatoms. The molecule has 1 N–H and O–H groups in total. The number of nitrogens with zero attached hydrogens (tertiary/aromatic N) is 2. The predicted molar refractivity (Wildman–Crippen MR) is 87.8 cm³/mol. The minimum absolute atomic E-state index is 0.0110. The molecule has 2 aromatic rings. The third-order valence-corrected chi connectivity index (χ3v) is 5.68. The van der Waals surface area contributed by atoms with Gasteiger partial charge in [-0.25, -0.2) is 12.8 Å². The van der Waals surface area contributed by atoms with E-state index in [9.17, 15) is 17.6 Å². The van der Waals surface area contributed by atoms with Crippen molar-refractivity contribution in [2.24, 2.45) is 0 Å². The van der Waals surface area contributed by atoms with Gasteiger partial charge in [0.25, 0.3) is 0 Å². The predicted octanol–water partition coefficient (Wildman–Crippen LogP) is 1.13. The van der Waals surface area contributed by atoms with Crippen LogP contribution in [0, 0.1) is 5.82 Å². The van der Waals surface area contributed by atoms with Crippen molar-refractivity contribution < 1.29 is 26.9 Å². The summed E-state index contributed by atoms with van der Waals surface area (Å²) in [5, 5.41) is 6.27. The Hall–Kier alpha value is -2.33. The van der Waals surface area contributed by atoms with Crippen LogP contribution in [0.15, 0.2) is 33.7 Å². The molecule has 0 saturated carbocycles. The van der Waals surface area contributed by atoms with E-state index in [1.807, 2.05) is 0 Å². The first-order valence-corrected chi connectivity index (χ1v) is 9.80. The first-order chi connectivity index (χ1) is 12.4. The highest BCUT2D eigenvalue weighted by atomic mass is 32.2. The Kier molecular flexibility index (Phi) is 5.62. The molecule has 0 spiro atoms. The molecule has 0 aliphatic carbocycles. The molecule has 1 atom stereocenters. The van der Waals surface area contributed by atoms with Crippen LogP contribution in [0.1, 0.15) is 29.4 Å². The Bertz CT molecular complexity index is 860. The van der Waals surface area contributed by atoms with Gasteiger partial charge in [-0.15, -0.1) is 0 Å². The van der Waals surface area contributed by atoms with Gasteiger partial charge in [0.2, 0.25) is 0 Å². The van der Waals surface area contributed by atoms with E-state index >= 15 is 0 Å². The maximum absolute atomic E-state index is 12.9. The Labute approximate surface area is 149 Å². The minimum Gasteiger partial charge on any atom is -0.376 e. The second-order valence-electron chi connectivity index (χ2n) is 5.88.